The summed E-state index contributed by atoms with van der Waals surface area (Å²) in [5.41, 5.74) is 1.59. The van der Waals surface area contributed by atoms with Gasteiger partial charge in [-0.15, -0.1) is 10.2 Å². The van der Waals surface area contributed by atoms with Gasteiger partial charge in [0, 0.05) is 15.7 Å². The van der Waals surface area contributed by atoms with E-state index in [1.165, 1.54) is 11.8 Å². The molecule has 116 valence electrons. The maximum Gasteiger partial charge on any atom is 0.277 e. The van der Waals surface area contributed by atoms with Gasteiger partial charge in [0.25, 0.3) is 5.22 Å². The van der Waals surface area contributed by atoms with E-state index < -0.39 is 0 Å². The summed E-state index contributed by atoms with van der Waals surface area (Å²) in [6.07, 6.45) is 0. The van der Waals surface area contributed by atoms with Gasteiger partial charge in [-0.05, 0) is 30.3 Å². The molecule has 0 fully saturated rings. The van der Waals surface area contributed by atoms with Gasteiger partial charge in [0.05, 0.1) is 5.75 Å². The molecule has 3 aromatic rings. The van der Waals surface area contributed by atoms with Crippen LogP contribution in [0.3, 0.4) is 0 Å². The first kappa shape index (κ1) is 15.8. The molecule has 0 atom stereocenters. The fourth-order valence-electron chi connectivity index (χ4n) is 1.85. The van der Waals surface area contributed by atoms with Crippen LogP contribution in [0.5, 0.6) is 0 Å². The molecule has 0 radical (unpaired) electrons. The molecule has 23 heavy (non-hydrogen) atoms. The molecular formula is C16H12BrN3O2S. The summed E-state index contributed by atoms with van der Waals surface area (Å²) in [6.45, 7) is 0. The average Bonchev–Trinajstić information content (AvgIpc) is 3.03. The van der Waals surface area contributed by atoms with Gasteiger partial charge in [-0.25, -0.2) is 0 Å². The topological polar surface area (TPSA) is 68.0 Å². The number of nitrogens with one attached hydrogen (secondary N) is 1. The van der Waals surface area contributed by atoms with Crippen LogP contribution in [-0.2, 0) is 4.79 Å². The largest absolute Gasteiger partial charge is 0.411 e. The zero-order valence-corrected chi connectivity index (χ0v) is 14.3. The fraction of sp³-hybridized carbons (Fsp3) is 0.0625. The Morgan fingerprint density at radius 1 is 1.13 bits per heavy atom. The van der Waals surface area contributed by atoms with Crippen LogP contribution < -0.4 is 5.32 Å². The number of hydrogen-bond donors (Lipinski definition) is 1. The Hall–Kier alpha value is -2.12. The molecule has 1 amide bonds. The Bertz CT molecular complexity index is 808. The predicted octanol–water partition coefficient (Wildman–Crippen LogP) is 4.23. The summed E-state index contributed by atoms with van der Waals surface area (Å²) in [4.78, 5) is 11.9. The number of halogens is 1. The minimum atomic E-state index is -0.122. The van der Waals surface area contributed by atoms with Crippen LogP contribution >= 0.6 is 27.7 Å². The summed E-state index contributed by atoms with van der Waals surface area (Å²) in [5.74, 6) is 0.510. The Kier molecular flexibility index (Phi) is 5.09. The molecule has 0 aliphatic carbocycles. The van der Waals surface area contributed by atoms with E-state index in [1.807, 2.05) is 54.6 Å². The van der Waals surface area contributed by atoms with Crippen LogP contribution in [0.2, 0.25) is 0 Å². The zero-order valence-electron chi connectivity index (χ0n) is 11.9. The Morgan fingerprint density at radius 3 is 2.74 bits per heavy atom. The number of carbonyl (C=O) groups is 1. The van der Waals surface area contributed by atoms with Crippen molar-refractivity contribution < 1.29 is 9.21 Å². The fourth-order valence-corrected chi connectivity index (χ4v) is 2.81. The highest BCUT2D eigenvalue weighted by Crippen LogP contribution is 2.25. The molecule has 0 saturated heterocycles. The molecule has 0 spiro atoms. The van der Waals surface area contributed by atoms with Gasteiger partial charge < -0.3 is 9.73 Å². The number of benzene rings is 2. The number of carbonyl (C=O) groups excluding carboxylic acids is 1. The van der Waals surface area contributed by atoms with E-state index >= 15 is 0 Å². The lowest BCUT2D eigenvalue weighted by molar-refractivity contribution is -0.113. The second kappa shape index (κ2) is 7.43. The summed E-state index contributed by atoms with van der Waals surface area (Å²) in [5, 5.41) is 11.1. The number of thioether (sulfide) groups is 1. The van der Waals surface area contributed by atoms with Gasteiger partial charge >= 0.3 is 0 Å². The lowest BCUT2D eigenvalue weighted by Gasteiger charge is -2.02. The number of para-hydroxylation sites is 1. The zero-order chi connectivity index (χ0) is 16.1. The molecule has 0 unspecified atom stereocenters. The molecule has 1 aromatic heterocycles. The van der Waals surface area contributed by atoms with Gasteiger partial charge in [-0.3, -0.25) is 4.79 Å². The van der Waals surface area contributed by atoms with E-state index in [0.29, 0.717) is 11.1 Å². The van der Waals surface area contributed by atoms with Crippen LogP contribution in [-0.4, -0.2) is 21.9 Å². The summed E-state index contributed by atoms with van der Waals surface area (Å²) >= 11 is 4.60. The van der Waals surface area contributed by atoms with Gasteiger partial charge in [0.15, 0.2) is 0 Å². The van der Waals surface area contributed by atoms with Gasteiger partial charge in [-0.1, -0.05) is 52.0 Å². The number of amides is 1. The maximum absolute atomic E-state index is 11.9. The first-order chi connectivity index (χ1) is 11.2. The lowest BCUT2D eigenvalue weighted by Crippen LogP contribution is -2.13. The molecule has 2 aromatic carbocycles. The van der Waals surface area contributed by atoms with E-state index in [-0.39, 0.29) is 11.7 Å². The van der Waals surface area contributed by atoms with E-state index in [2.05, 4.69) is 31.4 Å². The summed E-state index contributed by atoms with van der Waals surface area (Å²) in [7, 11) is 0. The standard InChI is InChI=1S/C16H12BrN3O2S/c17-12-6-4-5-11(9-12)15-19-20-16(22-15)23-10-14(21)18-13-7-2-1-3-8-13/h1-9H,10H2,(H,18,21). The third-order valence-corrected chi connectivity index (χ3v) is 4.17. The first-order valence-electron chi connectivity index (χ1n) is 6.78. The second-order valence-electron chi connectivity index (χ2n) is 4.59. The van der Waals surface area contributed by atoms with Crippen LogP contribution in [0.4, 0.5) is 5.69 Å². The molecule has 1 N–H and O–H groups in total. The van der Waals surface area contributed by atoms with E-state index in [1.54, 1.807) is 0 Å². The molecular weight excluding hydrogens is 378 g/mol. The molecule has 5 nitrogen and oxygen atoms in total. The van der Waals surface area contributed by atoms with Crippen molar-refractivity contribution in [2.24, 2.45) is 0 Å². The van der Waals surface area contributed by atoms with Gasteiger partial charge in [0.1, 0.15) is 0 Å². The van der Waals surface area contributed by atoms with Crippen molar-refractivity contribution in [1.82, 2.24) is 10.2 Å². The molecule has 0 aliphatic rings. The lowest BCUT2D eigenvalue weighted by atomic mass is 10.2. The second-order valence-corrected chi connectivity index (χ2v) is 6.43. The molecule has 3 rings (SSSR count). The van der Waals surface area contributed by atoms with E-state index in [4.69, 9.17) is 4.42 Å². The Morgan fingerprint density at radius 2 is 1.96 bits per heavy atom. The highest BCUT2D eigenvalue weighted by Gasteiger charge is 2.11. The molecule has 0 bridgehead atoms. The van der Waals surface area contributed by atoms with Crippen LogP contribution in [0.25, 0.3) is 11.5 Å². The van der Waals surface area contributed by atoms with Crippen LogP contribution in [0.15, 0.2) is 68.7 Å². The molecule has 1 heterocycles. The smallest absolute Gasteiger partial charge is 0.277 e. The van der Waals surface area contributed by atoms with E-state index in [0.717, 1.165) is 15.7 Å². The number of rotatable bonds is 5. The number of hydrogen-bond acceptors (Lipinski definition) is 5. The Balaban J connectivity index is 1.58. The molecule has 7 heteroatoms. The van der Waals surface area contributed by atoms with Crippen molar-refractivity contribution in [2.75, 3.05) is 11.1 Å². The van der Waals surface area contributed by atoms with Crippen LogP contribution in [0.1, 0.15) is 0 Å². The Labute approximate surface area is 145 Å². The molecule has 0 saturated carbocycles. The normalized spacial score (nSPS) is 10.5. The monoisotopic (exact) mass is 389 g/mol. The summed E-state index contributed by atoms with van der Waals surface area (Å²) < 4.78 is 6.50. The van der Waals surface area contributed by atoms with Gasteiger partial charge in [-0.2, -0.15) is 0 Å². The van der Waals surface area contributed by atoms with Crippen molar-refractivity contribution in [3.63, 3.8) is 0 Å². The van der Waals surface area contributed by atoms with Crippen molar-refractivity contribution in [1.29, 1.82) is 0 Å². The number of nitrogens with zero attached hydrogens (tertiary/aromatic N) is 2. The minimum Gasteiger partial charge on any atom is -0.411 e. The predicted molar refractivity (Wildman–Crippen MR) is 93.2 cm³/mol. The molecule has 0 aliphatic heterocycles. The third kappa shape index (κ3) is 4.43. The van der Waals surface area contributed by atoms with Crippen molar-refractivity contribution >= 4 is 39.3 Å². The van der Waals surface area contributed by atoms with Gasteiger partial charge in [0.2, 0.25) is 11.8 Å². The highest BCUT2D eigenvalue weighted by molar-refractivity contribution is 9.10. The maximum atomic E-state index is 11.9. The quantitative estimate of drug-likeness (QED) is 0.661. The first-order valence-corrected chi connectivity index (χ1v) is 8.56. The highest BCUT2D eigenvalue weighted by atomic mass is 79.9. The number of anilines is 1. The van der Waals surface area contributed by atoms with Crippen LogP contribution in [0, 0.1) is 0 Å². The van der Waals surface area contributed by atoms with Crippen molar-refractivity contribution in [3.05, 3.63) is 59.1 Å². The number of aromatic nitrogens is 2. The van der Waals surface area contributed by atoms with Crippen molar-refractivity contribution in [3.8, 4) is 11.5 Å². The SMILES string of the molecule is O=C(CSc1nnc(-c2cccc(Br)c2)o1)Nc1ccccc1. The average molecular weight is 390 g/mol. The third-order valence-electron chi connectivity index (χ3n) is 2.86. The van der Waals surface area contributed by atoms with Crippen molar-refractivity contribution in [2.45, 2.75) is 5.22 Å². The van der Waals surface area contributed by atoms with E-state index in [9.17, 15) is 4.79 Å². The summed E-state index contributed by atoms with van der Waals surface area (Å²) in [6, 6.07) is 16.9. The minimum absolute atomic E-state index is 0.122.